The molecule has 17 heavy (non-hydrogen) atoms. The summed E-state index contributed by atoms with van der Waals surface area (Å²) >= 11 is 11.0. The Morgan fingerprint density at radius 2 is 1.82 bits per heavy atom. The monoisotopic (exact) mass is 288 g/mol. The maximum Gasteiger partial charge on any atom is 0.515 e. The van der Waals surface area contributed by atoms with Gasteiger partial charge in [0.05, 0.1) is 21.5 Å². The van der Waals surface area contributed by atoms with Crippen LogP contribution in [0.2, 0.25) is 10.0 Å². The first kappa shape index (κ1) is 13.9. The van der Waals surface area contributed by atoms with Crippen molar-refractivity contribution in [2.75, 3.05) is 6.51 Å². The number of hydrogen-bond donors (Lipinski definition) is 0. The van der Waals surface area contributed by atoms with Gasteiger partial charge >= 0.3 is 12.7 Å². The summed E-state index contributed by atoms with van der Waals surface area (Å²) in [4.78, 5) is 9.66. The van der Waals surface area contributed by atoms with Gasteiger partial charge in [-0.15, -0.1) is 0 Å². The first-order valence-corrected chi connectivity index (χ1v) is 4.93. The van der Waals surface area contributed by atoms with Crippen molar-refractivity contribution in [1.29, 1.82) is 0 Å². The quantitative estimate of drug-likeness (QED) is 0.482. The zero-order valence-electron chi connectivity index (χ0n) is 8.00. The van der Waals surface area contributed by atoms with E-state index in [1.54, 1.807) is 0 Å². The molecule has 0 saturated carbocycles. The molecule has 4 nitrogen and oxygen atoms in total. The first-order valence-electron chi connectivity index (χ1n) is 4.18. The summed E-state index contributed by atoms with van der Waals surface area (Å²) in [6.45, 7) is -6.79. The molecule has 0 fully saturated rings. The second-order valence-electron chi connectivity index (χ2n) is 3.01. The third kappa shape index (κ3) is 3.97. The van der Waals surface area contributed by atoms with Crippen LogP contribution in [0.1, 0.15) is 0 Å². The van der Waals surface area contributed by atoms with Crippen LogP contribution in [0, 0.1) is 10.1 Å². The summed E-state index contributed by atoms with van der Waals surface area (Å²) in [5.74, 6) is -0.566. The minimum absolute atomic E-state index is 0.123. The van der Waals surface area contributed by atoms with Crippen molar-refractivity contribution < 1.29 is 22.6 Å². The zero-order valence-corrected chi connectivity index (χ0v) is 9.51. The molecule has 0 aliphatic carbocycles. The van der Waals surface area contributed by atoms with E-state index in [0.29, 0.717) is 0 Å². The SMILES string of the molecule is O=[N+]([O-])c1cc(Cl)c(Cl)cc1OC[B-](F)(F)F. The van der Waals surface area contributed by atoms with Crippen LogP contribution in [0.15, 0.2) is 12.1 Å². The molecule has 0 bridgehead atoms. The standard InChI is InChI=1S/C7H4BCl2F3NO3/c9-4-1-6(14(15)16)7(2-5(4)10)17-3-8(11,12)13/h1-2H,3H2/q-1. The zero-order chi connectivity index (χ0) is 13.2. The fourth-order valence-corrected chi connectivity index (χ4v) is 1.27. The number of nitro groups is 1. The average Bonchev–Trinajstić information content (AvgIpc) is 2.17. The number of nitro benzene ring substituents is 1. The first-order chi connectivity index (χ1) is 7.70. The van der Waals surface area contributed by atoms with Crippen LogP contribution in [-0.2, 0) is 0 Å². The summed E-state index contributed by atoms with van der Waals surface area (Å²) in [5.41, 5.74) is -0.667. The number of rotatable bonds is 4. The molecule has 94 valence electrons. The van der Waals surface area contributed by atoms with Gasteiger partial charge in [0.25, 0.3) is 0 Å². The van der Waals surface area contributed by atoms with Crippen LogP contribution >= 0.6 is 23.2 Å². The molecule has 1 aromatic carbocycles. The topological polar surface area (TPSA) is 52.4 Å². The average molecular weight is 289 g/mol. The molecular weight excluding hydrogens is 285 g/mol. The van der Waals surface area contributed by atoms with Gasteiger partial charge in [-0.1, -0.05) is 23.2 Å². The van der Waals surface area contributed by atoms with Crippen LogP contribution in [-0.4, -0.2) is 18.4 Å². The van der Waals surface area contributed by atoms with Crippen LogP contribution in [0.25, 0.3) is 0 Å². The summed E-state index contributed by atoms with van der Waals surface area (Å²) in [6, 6.07) is 1.71. The lowest BCUT2D eigenvalue weighted by atomic mass is 9.95. The molecular formula is C7H4BCl2F3NO3-. The van der Waals surface area contributed by atoms with Gasteiger partial charge in [-0.25, -0.2) is 0 Å². The van der Waals surface area contributed by atoms with Crippen LogP contribution in [0.4, 0.5) is 18.6 Å². The van der Waals surface area contributed by atoms with E-state index < -0.39 is 29.8 Å². The van der Waals surface area contributed by atoms with E-state index in [9.17, 15) is 23.1 Å². The molecule has 0 N–H and O–H groups in total. The van der Waals surface area contributed by atoms with Crippen LogP contribution in [0.5, 0.6) is 5.75 Å². The van der Waals surface area contributed by atoms with Crippen molar-refractivity contribution in [3.63, 3.8) is 0 Å². The summed E-state index contributed by atoms with van der Waals surface area (Å²) in [5, 5.41) is 10.3. The highest BCUT2D eigenvalue weighted by Crippen LogP contribution is 2.36. The summed E-state index contributed by atoms with van der Waals surface area (Å²) < 4.78 is 40.2. The molecule has 0 atom stereocenters. The van der Waals surface area contributed by atoms with Gasteiger partial charge in [-0.2, -0.15) is 0 Å². The van der Waals surface area contributed by atoms with Crippen molar-refractivity contribution in [2.45, 2.75) is 0 Å². The predicted molar refractivity (Wildman–Crippen MR) is 57.7 cm³/mol. The van der Waals surface area contributed by atoms with Gasteiger partial charge in [-0.05, 0) is 0 Å². The summed E-state index contributed by atoms with van der Waals surface area (Å²) in [7, 11) is 0. The van der Waals surface area contributed by atoms with Crippen LogP contribution in [0.3, 0.4) is 0 Å². The van der Waals surface area contributed by atoms with Gasteiger partial charge in [0.15, 0.2) is 5.75 Å². The molecule has 0 radical (unpaired) electrons. The third-order valence-electron chi connectivity index (χ3n) is 1.63. The number of hydrogen-bond acceptors (Lipinski definition) is 3. The molecule has 0 heterocycles. The molecule has 0 aromatic heterocycles. The Bertz CT molecular complexity index is 455. The highest BCUT2D eigenvalue weighted by Gasteiger charge is 2.27. The van der Waals surface area contributed by atoms with Crippen LogP contribution < -0.4 is 4.74 Å². The van der Waals surface area contributed by atoms with E-state index >= 15 is 0 Å². The Labute approximate surface area is 103 Å². The van der Waals surface area contributed by atoms with Gasteiger partial charge in [0.1, 0.15) is 0 Å². The minimum atomic E-state index is -5.21. The van der Waals surface area contributed by atoms with Crippen molar-refractivity contribution in [1.82, 2.24) is 0 Å². The second kappa shape index (κ2) is 5.01. The molecule has 0 aliphatic rings. The van der Waals surface area contributed by atoms with E-state index in [4.69, 9.17) is 23.2 Å². The van der Waals surface area contributed by atoms with E-state index in [2.05, 4.69) is 4.74 Å². The number of halogens is 5. The Morgan fingerprint density at radius 1 is 1.29 bits per heavy atom. The molecule has 10 heteroatoms. The highest BCUT2D eigenvalue weighted by molar-refractivity contribution is 6.58. The predicted octanol–water partition coefficient (Wildman–Crippen LogP) is 3.67. The fourth-order valence-electron chi connectivity index (χ4n) is 0.961. The maximum atomic E-state index is 12.0. The van der Waals surface area contributed by atoms with E-state index in [-0.39, 0.29) is 10.0 Å². The lowest BCUT2D eigenvalue weighted by Gasteiger charge is -2.15. The van der Waals surface area contributed by atoms with Crippen molar-refractivity contribution in [2.24, 2.45) is 0 Å². The minimum Gasteiger partial charge on any atom is -0.517 e. The third-order valence-corrected chi connectivity index (χ3v) is 2.35. The second-order valence-corrected chi connectivity index (χ2v) is 3.83. The lowest BCUT2D eigenvalue weighted by molar-refractivity contribution is -0.385. The molecule has 0 aliphatic heterocycles. The normalized spacial score (nSPS) is 11.4. The highest BCUT2D eigenvalue weighted by atomic mass is 35.5. The number of ether oxygens (including phenoxy) is 1. The Kier molecular flexibility index (Phi) is 4.10. The van der Waals surface area contributed by atoms with Gasteiger partial charge in [0, 0.05) is 12.1 Å². The smallest absolute Gasteiger partial charge is 0.515 e. The van der Waals surface area contributed by atoms with Crippen molar-refractivity contribution in [3.05, 3.63) is 32.3 Å². The van der Waals surface area contributed by atoms with Gasteiger partial charge in [0.2, 0.25) is 0 Å². The molecule has 1 rings (SSSR count). The van der Waals surface area contributed by atoms with Gasteiger partial charge in [-0.3, -0.25) is 10.1 Å². The molecule has 0 spiro atoms. The van der Waals surface area contributed by atoms with Gasteiger partial charge < -0.3 is 17.7 Å². The maximum absolute atomic E-state index is 12.0. The van der Waals surface area contributed by atoms with E-state index in [1.165, 1.54) is 0 Å². The lowest BCUT2D eigenvalue weighted by Crippen LogP contribution is -2.26. The Balaban J connectivity index is 3.05. The Hall–Kier alpha value is -1.15. The molecule has 0 unspecified atom stereocenters. The number of nitrogens with zero attached hydrogens (tertiary/aromatic N) is 1. The van der Waals surface area contributed by atoms with Crippen molar-refractivity contribution in [3.8, 4) is 5.75 Å². The molecule has 0 amide bonds. The van der Waals surface area contributed by atoms with E-state index in [1.807, 2.05) is 0 Å². The fraction of sp³-hybridized carbons (Fsp3) is 0.143. The molecule has 1 aromatic rings. The number of benzene rings is 1. The Morgan fingerprint density at radius 3 is 2.29 bits per heavy atom. The largest absolute Gasteiger partial charge is 0.517 e. The summed E-state index contributed by atoms with van der Waals surface area (Å²) in [6.07, 6.45) is 0. The van der Waals surface area contributed by atoms with Crippen molar-refractivity contribution >= 4 is 35.9 Å². The van der Waals surface area contributed by atoms with E-state index in [0.717, 1.165) is 12.1 Å². The molecule has 0 saturated heterocycles.